The predicted octanol–water partition coefficient (Wildman–Crippen LogP) is 2.71. The molecule has 0 aliphatic carbocycles. The molecule has 1 fully saturated rings. The van der Waals surface area contributed by atoms with Gasteiger partial charge in [-0.3, -0.25) is 0 Å². The van der Waals surface area contributed by atoms with Crippen molar-refractivity contribution in [2.75, 3.05) is 43.9 Å². The van der Waals surface area contributed by atoms with E-state index in [0.717, 1.165) is 18.2 Å². The van der Waals surface area contributed by atoms with Gasteiger partial charge >= 0.3 is 0 Å². The number of likely N-dealkylation sites (tertiary alicyclic amines) is 1. The van der Waals surface area contributed by atoms with Gasteiger partial charge in [-0.1, -0.05) is 19.9 Å². The van der Waals surface area contributed by atoms with E-state index in [9.17, 15) is 0 Å². The molecule has 3 rings (SSSR count). The smallest absolute Gasteiger partial charge is 0.0425 e. The van der Waals surface area contributed by atoms with E-state index in [4.69, 9.17) is 5.73 Å². The molecule has 3 nitrogen and oxygen atoms in total. The highest BCUT2D eigenvalue weighted by Crippen LogP contribution is 2.42. The lowest BCUT2D eigenvalue weighted by atomic mass is 9.87. The fourth-order valence-corrected chi connectivity index (χ4v) is 3.75. The number of rotatable bonds is 2. The summed E-state index contributed by atoms with van der Waals surface area (Å²) in [7, 11) is 2.23. The van der Waals surface area contributed by atoms with E-state index in [2.05, 4.69) is 42.8 Å². The Balaban J connectivity index is 1.77. The number of anilines is 2. The molecule has 2 N–H and O–H groups in total. The van der Waals surface area contributed by atoms with Gasteiger partial charge in [0.25, 0.3) is 0 Å². The zero-order valence-corrected chi connectivity index (χ0v) is 13.0. The molecule has 0 unspecified atom stereocenters. The summed E-state index contributed by atoms with van der Waals surface area (Å²) in [5.74, 6) is 0.828. The van der Waals surface area contributed by atoms with Crippen molar-refractivity contribution < 1.29 is 0 Å². The minimum atomic E-state index is 0.245. The first-order valence-corrected chi connectivity index (χ1v) is 7.79. The minimum absolute atomic E-state index is 0.245. The van der Waals surface area contributed by atoms with Crippen LogP contribution in [0.5, 0.6) is 0 Å². The molecular weight excluding hydrogens is 246 g/mol. The van der Waals surface area contributed by atoms with Crippen LogP contribution < -0.4 is 10.6 Å². The second-order valence-electron chi connectivity index (χ2n) is 7.29. The molecule has 1 aromatic rings. The quantitative estimate of drug-likeness (QED) is 0.841. The highest BCUT2D eigenvalue weighted by molar-refractivity contribution is 5.67. The van der Waals surface area contributed by atoms with Crippen molar-refractivity contribution in [3.05, 3.63) is 23.8 Å². The molecule has 20 heavy (non-hydrogen) atoms. The zero-order chi connectivity index (χ0) is 14.3. The Kier molecular flexibility index (Phi) is 3.41. The molecule has 2 heterocycles. The van der Waals surface area contributed by atoms with E-state index >= 15 is 0 Å². The largest absolute Gasteiger partial charge is 0.399 e. The van der Waals surface area contributed by atoms with Crippen molar-refractivity contribution in [3.63, 3.8) is 0 Å². The van der Waals surface area contributed by atoms with Gasteiger partial charge in [0.1, 0.15) is 0 Å². The van der Waals surface area contributed by atoms with E-state index in [0.29, 0.717) is 0 Å². The lowest BCUT2D eigenvalue weighted by molar-refractivity contribution is 0.221. The molecule has 3 heteroatoms. The third kappa shape index (κ3) is 2.51. The molecule has 0 radical (unpaired) electrons. The van der Waals surface area contributed by atoms with Crippen LogP contribution in [0.3, 0.4) is 0 Å². The van der Waals surface area contributed by atoms with Gasteiger partial charge in [0.05, 0.1) is 0 Å². The first-order valence-electron chi connectivity index (χ1n) is 7.79. The average molecular weight is 273 g/mol. The Morgan fingerprint density at radius 2 is 1.95 bits per heavy atom. The molecule has 0 saturated carbocycles. The maximum Gasteiger partial charge on any atom is 0.0425 e. The fourth-order valence-electron chi connectivity index (χ4n) is 3.75. The van der Waals surface area contributed by atoms with Crippen molar-refractivity contribution in [1.29, 1.82) is 0 Å². The van der Waals surface area contributed by atoms with Gasteiger partial charge in [-0.05, 0) is 56.6 Å². The van der Waals surface area contributed by atoms with Crippen molar-refractivity contribution in [2.24, 2.45) is 5.92 Å². The first kappa shape index (κ1) is 13.7. The number of piperidine rings is 1. The summed E-state index contributed by atoms with van der Waals surface area (Å²) in [5.41, 5.74) is 9.96. The Hall–Kier alpha value is -1.22. The molecule has 0 bridgehead atoms. The van der Waals surface area contributed by atoms with Crippen LogP contribution in [0, 0.1) is 5.92 Å². The van der Waals surface area contributed by atoms with Gasteiger partial charge in [-0.25, -0.2) is 0 Å². The fraction of sp³-hybridized carbons (Fsp3) is 0.647. The topological polar surface area (TPSA) is 32.5 Å². The van der Waals surface area contributed by atoms with Crippen LogP contribution in [0.25, 0.3) is 0 Å². The van der Waals surface area contributed by atoms with E-state index in [1.165, 1.54) is 43.7 Å². The minimum Gasteiger partial charge on any atom is -0.399 e. The van der Waals surface area contributed by atoms with Crippen LogP contribution in [-0.4, -0.2) is 38.1 Å². The standard InChI is InChI=1S/C17H27N3/c1-17(2)12-20(11-13-6-8-19(3)9-7-13)16-10-14(18)4-5-15(16)17/h4-5,10,13H,6-9,11-12,18H2,1-3H3. The number of nitrogens with zero attached hydrogens (tertiary/aromatic N) is 2. The maximum atomic E-state index is 6.00. The zero-order valence-electron chi connectivity index (χ0n) is 13.0. The SMILES string of the molecule is CN1CCC(CN2CC(C)(C)c3ccc(N)cc32)CC1. The van der Waals surface area contributed by atoms with Crippen molar-refractivity contribution in [3.8, 4) is 0 Å². The summed E-state index contributed by atoms with van der Waals surface area (Å²) in [4.78, 5) is 5.01. The van der Waals surface area contributed by atoms with Crippen LogP contribution in [0.2, 0.25) is 0 Å². The summed E-state index contributed by atoms with van der Waals surface area (Å²) >= 11 is 0. The van der Waals surface area contributed by atoms with Gasteiger partial charge in [-0.2, -0.15) is 0 Å². The highest BCUT2D eigenvalue weighted by atomic mass is 15.2. The van der Waals surface area contributed by atoms with E-state index in [1.54, 1.807) is 0 Å². The molecule has 2 aliphatic heterocycles. The maximum absolute atomic E-state index is 6.00. The summed E-state index contributed by atoms with van der Waals surface area (Å²) in [6.45, 7) is 9.48. The van der Waals surface area contributed by atoms with Crippen molar-refractivity contribution >= 4 is 11.4 Å². The molecular formula is C17H27N3. The molecule has 0 aromatic heterocycles. The Morgan fingerprint density at radius 3 is 2.65 bits per heavy atom. The summed E-state index contributed by atoms with van der Waals surface area (Å²) < 4.78 is 0. The molecule has 1 saturated heterocycles. The van der Waals surface area contributed by atoms with Gasteiger partial charge in [0.2, 0.25) is 0 Å². The first-order chi connectivity index (χ1) is 9.45. The van der Waals surface area contributed by atoms with E-state index in [1.807, 2.05) is 6.07 Å². The lowest BCUT2D eigenvalue weighted by Gasteiger charge is -2.33. The Labute approximate surface area is 122 Å². The Bertz CT molecular complexity index is 487. The van der Waals surface area contributed by atoms with Crippen LogP contribution in [-0.2, 0) is 5.41 Å². The van der Waals surface area contributed by atoms with Crippen LogP contribution in [0.1, 0.15) is 32.3 Å². The lowest BCUT2D eigenvalue weighted by Crippen LogP contribution is -2.38. The van der Waals surface area contributed by atoms with Gasteiger partial charge in [0.15, 0.2) is 0 Å². The molecule has 110 valence electrons. The summed E-state index contributed by atoms with van der Waals surface area (Å²) in [6.07, 6.45) is 2.65. The van der Waals surface area contributed by atoms with Crippen LogP contribution in [0.15, 0.2) is 18.2 Å². The molecule has 0 amide bonds. The number of hydrogen-bond donors (Lipinski definition) is 1. The molecule has 0 atom stereocenters. The van der Waals surface area contributed by atoms with Gasteiger partial charge in [0, 0.05) is 29.9 Å². The van der Waals surface area contributed by atoms with Crippen molar-refractivity contribution in [1.82, 2.24) is 4.90 Å². The number of hydrogen-bond acceptors (Lipinski definition) is 3. The van der Waals surface area contributed by atoms with E-state index in [-0.39, 0.29) is 5.41 Å². The Morgan fingerprint density at radius 1 is 1.25 bits per heavy atom. The molecule has 2 aliphatic rings. The number of benzene rings is 1. The monoisotopic (exact) mass is 273 g/mol. The predicted molar refractivity (Wildman–Crippen MR) is 86.3 cm³/mol. The third-order valence-electron chi connectivity index (χ3n) is 4.99. The number of fused-ring (bicyclic) bond motifs is 1. The normalized spacial score (nSPS) is 23.1. The van der Waals surface area contributed by atoms with Crippen LogP contribution in [0.4, 0.5) is 11.4 Å². The second-order valence-corrected chi connectivity index (χ2v) is 7.29. The van der Waals surface area contributed by atoms with Gasteiger partial charge in [-0.15, -0.1) is 0 Å². The molecule has 0 spiro atoms. The number of nitrogen functional groups attached to an aromatic ring is 1. The second kappa shape index (κ2) is 4.96. The van der Waals surface area contributed by atoms with Crippen LogP contribution >= 0.6 is 0 Å². The number of nitrogens with two attached hydrogens (primary N) is 1. The third-order valence-corrected chi connectivity index (χ3v) is 4.99. The molecule has 1 aromatic carbocycles. The van der Waals surface area contributed by atoms with Crippen molar-refractivity contribution in [2.45, 2.75) is 32.1 Å². The van der Waals surface area contributed by atoms with E-state index < -0.39 is 0 Å². The summed E-state index contributed by atoms with van der Waals surface area (Å²) in [5, 5.41) is 0. The highest BCUT2D eigenvalue weighted by Gasteiger charge is 2.36. The average Bonchev–Trinajstić information content (AvgIpc) is 2.63. The summed E-state index contributed by atoms with van der Waals surface area (Å²) in [6, 6.07) is 6.43. The van der Waals surface area contributed by atoms with Gasteiger partial charge < -0.3 is 15.5 Å².